The highest BCUT2D eigenvalue weighted by molar-refractivity contribution is 7.89. The topological polar surface area (TPSA) is 82.4 Å². The molecule has 1 unspecified atom stereocenters. The molecule has 24 heavy (non-hydrogen) atoms. The van der Waals surface area contributed by atoms with Crippen LogP contribution in [0.5, 0.6) is 5.75 Å². The Kier molecular flexibility index (Phi) is 5.09. The van der Waals surface area contributed by atoms with E-state index in [4.69, 9.17) is 10.00 Å². The van der Waals surface area contributed by atoms with E-state index >= 15 is 0 Å². The maximum Gasteiger partial charge on any atom is 0.246 e. The molecule has 2 saturated heterocycles. The molecule has 1 N–H and O–H groups in total. The van der Waals surface area contributed by atoms with Crippen molar-refractivity contribution in [3.05, 3.63) is 23.8 Å². The summed E-state index contributed by atoms with van der Waals surface area (Å²) in [6, 6.07) is 7.00. The van der Waals surface area contributed by atoms with Crippen molar-refractivity contribution >= 4 is 10.0 Å². The van der Waals surface area contributed by atoms with Gasteiger partial charge < -0.3 is 10.1 Å². The van der Waals surface area contributed by atoms with E-state index in [0.717, 1.165) is 19.4 Å². The fraction of sp³-hybridized carbons (Fsp3) is 0.588. The third-order valence-electron chi connectivity index (χ3n) is 5.08. The second-order valence-electron chi connectivity index (χ2n) is 6.42. The number of sulfonamides is 1. The molecule has 0 saturated carbocycles. The number of piperidine rings is 1. The predicted molar refractivity (Wildman–Crippen MR) is 90.2 cm³/mol. The van der Waals surface area contributed by atoms with Crippen molar-refractivity contribution in [2.24, 2.45) is 5.92 Å². The Bertz CT molecular complexity index is 728. The summed E-state index contributed by atoms with van der Waals surface area (Å²) in [4.78, 5) is 0.140. The average Bonchev–Trinajstić information content (AvgIpc) is 3.15. The van der Waals surface area contributed by atoms with Gasteiger partial charge in [0.1, 0.15) is 10.6 Å². The van der Waals surface area contributed by atoms with Gasteiger partial charge in [-0.25, -0.2) is 8.42 Å². The first-order valence-electron chi connectivity index (χ1n) is 8.38. The number of hydrogen-bond donors (Lipinski definition) is 1. The molecule has 1 aromatic carbocycles. The van der Waals surface area contributed by atoms with Crippen molar-refractivity contribution in [2.75, 3.05) is 26.7 Å². The van der Waals surface area contributed by atoms with Crippen LogP contribution in [0, 0.1) is 17.2 Å². The Morgan fingerprint density at radius 3 is 2.62 bits per heavy atom. The second-order valence-corrected chi connectivity index (χ2v) is 8.33. The number of nitriles is 1. The van der Waals surface area contributed by atoms with E-state index < -0.39 is 10.0 Å². The van der Waals surface area contributed by atoms with Crippen LogP contribution in [0.15, 0.2) is 23.1 Å². The lowest BCUT2D eigenvalue weighted by molar-refractivity contribution is 0.233. The number of nitrogens with one attached hydrogen (secondary N) is 1. The lowest BCUT2D eigenvalue weighted by atomic mass is 9.89. The van der Waals surface area contributed by atoms with Gasteiger partial charge in [0.05, 0.1) is 18.7 Å². The number of methoxy groups -OCH3 is 1. The van der Waals surface area contributed by atoms with E-state index in [9.17, 15) is 8.42 Å². The Morgan fingerprint density at radius 2 is 2.04 bits per heavy atom. The average molecular weight is 349 g/mol. The van der Waals surface area contributed by atoms with E-state index in [2.05, 4.69) is 5.32 Å². The number of nitrogens with zero attached hydrogens (tertiary/aromatic N) is 2. The zero-order valence-electron chi connectivity index (χ0n) is 13.9. The van der Waals surface area contributed by atoms with Gasteiger partial charge in [0.15, 0.2) is 0 Å². The van der Waals surface area contributed by atoms with Crippen molar-refractivity contribution in [1.29, 1.82) is 5.26 Å². The molecule has 1 atom stereocenters. The Balaban J connectivity index is 1.76. The summed E-state index contributed by atoms with van der Waals surface area (Å²) < 4.78 is 32.6. The first-order chi connectivity index (χ1) is 11.6. The minimum absolute atomic E-state index is 0.140. The van der Waals surface area contributed by atoms with Gasteiger partial charge in [0.2, 0.25) is 10.0 Å². The van der Waals surface area contributed by atoms with Gasteiger partial charge >= 0.3 is 0 Å². The normalized spacial score (nSPS) is 23.1. The molecule has 2 fully saturated rings. The van der Waals surface area contributed by atoms with Crippen molar-refractivity contribution in [2.45, 2.75) is 36.6 Å². The van der Waals surface area contributed by atoms with E-state index in [-0.39, 0.29) is 10.6 Å². The van der Waals surface area contributed by atoms with Crippen LogP contribution in [0.2, 0.25) is 0 Å². The van der Waals surface area contributed by atoms with Crippen molar-refractivity contribution in [1.82, 2.24) is 9.62 Å². The highest BCUT2D eigenvalue weighted by Gasteiger charge is 2.34. The van der Waals surface area contributed by atoms with Gasteiger partial charge in [-0.15, -0.1) is 0 Å². The quantitative estimate of drug-likeness (QED) is 0.895. The number of ether oxygens (including phenoxy) is 1. The van der Waals surface area contributed by atoms with Crippen LogP contribution in [0.4, 0.5) is 0 Å². The van der Waals surface area contributed by atoms with Crippen LogP contribution in [0.3, 0.4) is 0 Å². The van der Waals surface area contributed by atoms with Gasteiger partial charge in [-0.1, -0.05) is 0 Å². The van der Waals surface area contributed by atoms with Crippen LogP contribution < -0.4 is 10.1 Å². The summed E-state index contributed by atoms with van der Waals surface area (Å²) in [5.74, 6) is 0.787. The van der Waals surface area contributed by atoms with Gasteiger partial charge in [0, 0.05) is 19.1 Å². The fourth-order valence-electron chi connectivity index (χ4n) is 3.72. The smallest absolute Gasteiger partial charge is 0.246 e. The van der Waals surface area contributed by atoms with Crippen molar-refractivity contribution in [3.8, 4) is 11.8 Å². The van der Waals surface area contributed by atoms with Crippen molar-refractivity contribution in [3.63, 3.8) is 0 Å². The van der Waals surface area contributed by atoms with Gasteiger partial charge in [-0.05, 0) is 56.3 Å². The predicted octanol–water partition coefficient (Wildman–Crippen LogP) is 1.72. The summed E-state index contributed by atoms with van der Waals surface area (Å²) >= 11 is 0. The van der Waals surface area contributed by atoms with Crippen LogP contribution in [0.1, 0.15) is 31.2 Å². The summed E-state index contributed by atoms with van der Waals surface area (Å²) in [5, 5.41) is 12.5. The molecule has 0 radical (unpaired) electrons. The third kappa shape index (κ3) is 3.27. The summed E-state index contributed by atoms with van der Waals surface area (Å²) in [6.07, 6.45) is 4.18. The molecule has 0 amide bonds. The van der Waals surface area contributed by atoms with E-state index in [1.165, 1.54) is 38.2 Å². The molecule has 1 aromatic rings. The molecule has 2 aliphatic heterocycles. The fourth-order valence-corrected chi connectivity index (χ4v) is 5.33. The zero-order valence-corrected chi connectivity index (χ0v) is 14.7. The molecule has 7 heteroatoms. The summed E-state index contributed by atoms with van der Waals surface area (Å²) in [5.41, 5.74) is 0.386. The molecule has 0 aliphatic carbocycles. The van der Waals surface area contributed by atoms with Crippen LogP contribution in [0.25, 0.3) is 0 Å². The number of benzene rings is 1. The van der Waals surface area contributed by atoms with Crippen LogP contribution >= 0.6 is 0 Å². The highest BCUT2D eigenvalue weighted by atomic mass is 32.2. The van der Waals surface area contributed by atoms with Crippen LogP contribution in [-0.4, -0.2) is 45.5 Å². The van der Waals surface area contributed by atoms with E-state index in [1.54, 1.807) is 4.31 Å². The number of hydrogen-bond acceptors (Lipinski definition) is 5. The minimum atomic E-state index is -3.60. The second kappa shape index (κ2) is 7.09. The standard InChI is InChI=1S/C17H23N3O3S/c1-23-16-11-13(12-18)4-5-17(16)24(21,22)20-9-6-14(7-10-20)15-3-2-8-19-15/h4-5,11,14-15,19H,2-3,6-10H2,1H3. The lowest BCUT2D eigenvalue weighted by Gasteiger charge is -2.34. The third-order valence-corrected chi connectivity index (χ3v) is 7.01. The molecular formula is C17H23N3O3S. The van der Waals surface area contributed by atoms with Gasteiger partial charge in [0.25, 0.3) is 0 Å². The summed E-state index contributed by atoms with van der Waals surface area (Å²) in [6.45, 7) is 2.15. The minimum Gasteiger partial charge on any atom is -0.495 e. The largest absolute Gasteiger partial charge is 0.495 e. The summed E-state index contributed by atoms with van der Waals surface area (Å²) in [7, 11) is -2.17. The first kappa shape index (κ1) is 17.2. The Labute approximate surface area is 143 Å². The first-order valence-corrected chi connectivity index (χ1v) is 9.82. The number of rotatable bonds is 4. The maximum atomic E-state index is 12.9. The molecule has 130 valence electrons. The van der Waals surface area contributed by atoms with Gasteiger partial charge in [-0.2, -0.15) is 9.57 Å². The zero-order chi connectivity index (χ0) is 17.2. The molecular weight excluding hydrogens is 326 g/mol. The molecule has 6 nitrogen and oxygen atoms in total. The molecule has 0 spiro atoms. The Morgan fingerprint density at radius 1 is 1.29 bits per heavy atom. The van der Waals surface area contributed by atoms with E-state index in [1.807, 2.05) is 6.07 Å². The SMILES string of the molecule is COc1cc(C#N)ccc1S(=O)(=O)N1CCC(C2CCCN2)CC1. The molecule has 2 heterocycles. The maximum absolute atomic E-state index is 12.9. The monoisotopic (exact) mass is 349 g/mol. The van der Waals surface area contributed by atoms with Crippen LogP contribution in [-0.2, 0) is 10.0 Å². The molecule has 2 aliphatic rings. The Hall–Kier alpha value is -1.62. The molecule has 0 bridgehead atoms. The molecule has 3 rings (SSSR count). The van der Waals surface area contributed by atoms with Crippen molar-refractivity contribution < 1.29 is 13.2 Å². The highest BCUT2D eigenvalue weighted by Crippen LogP contribution is 2.32. The van der Waals surface area contributed by atoms with E-state index in [0.29, 0.717) is 30.6 Å². The van der Waals surface area contributed by atoms with Gasteiger partial charge in [-0.3, -0.25) is 0 Å². The molecule has 0 aromatic heterocycles. The lowest BCUT2D eigenvalue weighted by Crippen LogP contribution is -2.43.